The lowest BCUT2D eigenvalue weighted by atomic mass is 10.1. The zero-order chi connectivity index (χ0) is 21.3. The first-order valence-electron chi connectivity index (χ1n) is 7.21. The van der Waals surface area contributed by atoms with E-state index >= 15 is 0 Å². The molecule has 0 bridgehead atoms. The van der Waals surface area contributed by atoms with Crippen molar-refractivity contribution in [3.8, 4) is 0 Å². The molecule has 1 fully saturated rings. The molecule has 8 N–H and O–H groups in total. The monoisotopic (exact) mass is 461 g/mol. The van der Waals surface area contributed by atoms with Crippen LogP contribution in [-0.2, 0) is 18.4 Å². The smallest absolute Gasteiger partial charge is 0.387 e. The van der Waals surface area contributed by atoms with Gasteiger partial charge < -0.3 is 40.3 Å². The van der Waals surface area contributed by atoms with Gasteiger partial charge in [0.2, 0.25) is 0 Å². The van der Waals surface area contributed by atoms with Crippen LogP contribution in [0.25, 0.3) is 11.2 Å². The van der Waals surface area contributed by atoms with E-state index in [4.69, 9.17) is 30.0 Å². The fraction of sp³-hybridized carbons (Fsp3) is 0.500. The number of aliphatic hydroxyl groups is 2. The van der Waals surface area contributed by atoms with E-state index in [1.807, 2.05) is 0 Å². The Morgan fingerprint density at radius 1 is 1.18 bits per heavy atom. The number of anilines is 1. The third-order valence-corrected chi connectivity index (χ3v) is 3.89. The van der Waals surface area contributed by atoms with Crippen molar-refractivity contribution in [1.29, 1.82) is 0 Å². The molecule has 0 aromatic carbocycles. The van der Waals surface area contributed by atoms with Gasteiger partial charge in [-0.3, -0.25) is 9.09 Å². The summed E-state index contributed by atoms with van der Waals surface area (Å²) in [7, 11) is -4.72. The molecule has 158 valence electrons. The van der Waals surface area contributed by atoms with Crippen LogP contribution in [0, 0.1) is 0 Å². The molecule has 15 nitrogen and oxygen atoms in total. The molecular formula is C10H17N5O10P2S. The third-order valence-electron chi connectivity index (χ3n) is 3.41. The van der Waals surface area contributed by atoms with E-state index in [1.165, 1.54) is 17.2 Å². The fourth-order valence-corrected chi connectivity index (χ4v) is 2.66. The van der Waals surface area contributed by atoms with Gasteiger partial charge in [0.1, 0.15) is 30.2 Å². The minimum atomic E-state index is -4.72. The molecule has 1 aliphatic rings. The molecule has 1 aliphatic heterocycles. The number of nitrogens with two attached hydrogens (primary N) is 1. The van der Waals surface area contributed by atoms with E-state index in [1.54, 1.807) is 0 Å². The van der Waals surface area contributed by atoms with Crippen LogP contribution in [-0.4, -0.2) is 74.2 Å². The second kappa shape index (κ2) is 8.69. The van der Waals surface area contributed by atoms with E-state index in [0.29, 0.717) is 5.52 Å². The van der Waals surface area contributed by atoms with Crippen molar-refractivity contribution in [2.45, 2.75) is 24.5 Å². The number of imidazole rings is 1. The summed E-state index contributed by atoms with van der Waals surface area (Å²) >= 11 is 2.79. The number of hydrogen-bond acceptors (Lipinski definition) is 10. The molecular weight excluding hydrogens is 444 g/mol. The Balaban J connectivity index is 0.000000500. The van der Waals surface area contributed by atoms with E-state index in [9.17, 15) is 19.3 Å². The van der Waals surface area contributed by atoms with Gasteiger partial charge in [-0.15, -0.1) is 0 Å². The number of aliphatic hydroxyl groups excluding tert-OH is 2. The van der Waals surface area contributed by atoms with E-state index in [-0.39, 0.29) is 11.5 Å². The van der Waals surface area contributed by atoms with Gasteiger partial charge in [-0.2, -0.15) is 0 Å². The topological polar surface area (TPSA) is 244 Å². The number of ether oxygens (including phenoxy) is 1. The molecule has 18 heteroatoms. The lowest BCUT2D eigenvalue weighted by Crippen LogP contribution is -2.33. The number of nitrogens with zero attached hydrogens (tertiary/aromatic N) is 4. The molecule has 28 heavy (non-hydrogen) atoms. The molecule has 2 aromatic rings. The quantitative estimate of drug-likeness (QED) is 0.184. The highest BCUT2D eigenvalue weighted by molar-refractivity contribution is 8.43. The molecule has 3 rings (SSSR count). The lowest BCUT2D eigenvalue weighted by Gasteiger charge is -2.16. The fourth-order valence-electron chi connectivity index (χ4n) is 2.32. The van der Waals surface area contributed by atoms with Crippen LogP contribution >= 0.6 is 26.9 Å². The Kier molecular flexibility index (Phi) is 7.17. The van der Waals surface area contributed by atoms with Crippen molar-refractivity contribution in [3.05, 3.63) is 12.7 Å². The minimum Gasteiger partial charge on any atom is -0.387 e. The summed E-state index contributed by atoms with van der Waals surface area (Å²) in [4.78, 5) is 44.2. The Morgan fingerprint density at radius 2 is 1.79 bits per heavy atom. The van der Waals surface area contributed by atoms with Crippen LogP contribution < -0.4 is 5.73 Å². The first-order valence-corrected chi connectivity index (χ1v) is 11.5. The van der Waals surface area contributed by atoms with Crippen molar-refractivity contribution in [3.63, 3.8) is 0 Å². The lowest BCUT2D eigenvalue weighted by molar-refractivity contribution is -0.0504. The number of nitrogen functional groups attached to an aromatic ring is 1. The summed E-state index contributed by atoms with van der Waals surface area (Å²) in [5, 5.41) is 20.1. The highest BCUT2D eigenvalue weighted by atomic mass is 32.7. The molecule has 0 unspecified atom stereocenters. The molecule has 0 aliphatic carbocycles. The van der Waals surface area contributed by atoms with Gasteiger partial charge in [0.05, 0.1) is 12.9 Å². The zero-order valence-electron chi connectivity index (χ0n) is 13.7. The zero-order valence-corrected chi connectivity index (χ0v) is 16.4. The average Bonchev–Trinajstić information content (AvgIpc) is 3.07. The van der Waals surface area contributed by atoms with Gasteiger partial charge in [-0.1, -0.05) is 12.2 Å². The number of thiol groups is 1. The van der Waals surface area contributed by atoms with Crippen molar-refractivity contribution in [1.82, 2.24) is 19.5 Å². The second-order valence-electron chi connectivity index (χ2n) is 5.43. The largest absolute Gasteiger partial charge is 0.469 e. The third kappa shape index (κ3) is 6.17. The van der Waals surface area contributed by atoms with Gasteiger partial charge in [-0.25, -0.2) is 24.1 Å². The maximum Gasteiger partial charge on any atom is 0.469 e. The summed E-state index contributed by atoms with van der Waals surface area (Å²) < 4.78 is 31.0. The van der Waals surface area contributed by atoms with E-state index < -0.39 is 45.8 Å². The highest BCUT2D eigenvalue weighted by Crippen LogP contribution is 2.39. The van der Waals surface area contributed by atoms with Gasteiger partial charge in [0.25, 0.3) is 0 Å². The average molecular weight is 461 g/mol. The number of aromatic nitrogens is 4. The van der Waals surface area contributed by atoms with Gasteiger partial charge in [0.15, 0.2) is 17.7 Å². The normalized spacial score (nSPS) is 25.5. The molecule has 0 spiro atoms. The standard InChI is InChI=1S/C10H14N5O7P.H3O3PS/c11-8-5-9(13-2-12-8)15(3-14-5)10-7(17)6(16)4(22-10)1-21-23(18,19)20;1-4(2,3)5/h2-4,6-7,10,16-17H,1H2,(H2,11,12,13)(H2,18,19,20);(H3,1,2,3,5)/t4-,6-,7-,10-;/m1./s1. The second-order valence-corrected chi connectivity index (χ2v) is 9.26. The summed E-state index contributed by atoms with van der Waals surface area (Å²) in [6, 6.07) is 0. The summed E-state index contributed by atoms with van der Waals surface area (Å²) in [5.41, 5.74) is 6.25. The summed E-state index contributed by atoms with van der Waals surface area (Å²) in [5.74, 6) is 0.142. The summed E-state index contributed by atoms with van der Waals surface area (Å²) in [6.07, 6.45) is -2.49. The molecule has 1 saturated heterocycles. The van der Waals surface area contributed by atoms with Crippen LogP contribution in [0.3, 0.4) is 0 Å². The van der Waals surface area contributed by atoms with E-state index in [2.05, 4.69) is 31.7 Å². The molecule has 0 radical (unpaired) electrons. The van der Waals surface area contributed by atoms with Gasteiger partial charge in [-0.05, 0) is 0 Å². The van der Waals surface area contributed by atoms with Crippen LogP contribution in [0.2, 0.25) is 0 Å². The van der Waals surface area contributed by atoms with Gasteiger partial charge in [0, 0.05) is 0 Å². The number of hydrogen-bond donors (Lipinski definition) is 8. The molecule has 0 amide bonds. The Morgan fingerprint density at radius 3 is 2.36 bits per heavy atom. The predicted molar refractivity (Wildman–Crippen MR) is 94.7 cm³/mol. The summed E-state index contributed by atoms with van der Waals surface area (Å²) in [6.45, 7) is -4.54. The first-order chi connectivity index (χ1) is 12.8. The predicted octanol–water partition coefficient (Wildman–Crippen LogP) is -1.85. The van der Waals surface area contributed by atoms with Crippen molar-refractivity contribution >= 4 is 43.9 Å². The van der Waals surface area contributed by atoms with Gasteiger partial charge >= 0.3 is 14.6 Å². The Hall–Kier alpha value is -1.16. The first kappa shape index (κ1) is 23.1. The van der Waals surface area contributed by atoms with Crippen LogP contribution in [0.15, 0.2) is 12.7 Å². The number of phosphoric acid groups is 1. The van der Waals surface area contributed by atoms with Crippen molar-refractivity contribution < 1.29 is 48.2 Å². The Bertz CT molecular complexity index is 909. The molecule has 2 aromatic heterocycles. The van der Waals surface area contributed by atoms with Crippen LogP contribution in [0.5, 0.6) is 0 Å². The molecule has 0 saturated carbocycles. The molecule has 4 atom stereocenters. The van der Waals surface area contributed by atoms with Crippen molar-refractivity contribution in [2.24, 2.45) is 0 Å². The van der Waals surface area contributed by atoms with Crippen LogP contribution in [0.4, 0.5) is 5.82 Å². The van der Waals surface area contributed by atoms with E-state index in [0.717, 1.165) is 0 Å². The Labute approximate surface area is 161 Å². The SMILES string of the molecule is Nc1ncnc2c1ncn2[C@@H]1O[C@H](COP(=O)(O)O)[C@@H](O)[C@H]1O.O=P(O)(O)S. The maximum atomic E-state index is 10.7. The number of phosphoric ester groups is 1. The number of fused-ring (bicyclic) bond motifs is 1. The molecule has 3 heterocycles. The van der Waals surface area contributed by atoms with Crippen LogP contribution in [0.1, 0.15) is 6.23 Å². The maximum absolute atomic E-state index is 10.7. The van der Waals surface area contributed by atoms with Crippen molar-refractivity contribution in [2.75, 3.05) is 12.3 Å². The minimum absolute atomic E-state index is 0.142. The number of rotatable bonds is 4. The highest BCUT2D eigenvalue weighted by Gasteiger charge is 2.45.